The number of rotatable bonds is 4. The van der Waals surface area contributed by atoms with Crippen LogP contribution < -0.4 is 5.43 Å². The molecule has 0 atom stereocenters. The molecule has 15 heavy (non-hydrogen) atoms. The van der Waals surface area contributed by atoms with Crippen LogP contribution in [0.5, 0.6) is 0 Å². The molecule has 0 aliphatic heterocycles. The van der Waals surface area contributed by atoms with Crippen molar-refractivity contribution in [2.45, 2.75) is 6.61 Å². The third kappa shape index (κ3) is 1.90. The fourth-order valence-electron chi connectivity index (χ4n) is 1.33. The van der Waals surface area contributed by atoms with Crippen LogP contribution in [0, 0.1) is 0 Å². The normalized spacial score (nSPS) is 11.0. The van der Waals surface area contributed by atoms with E-state index in [1.165, 1.54) is 6.07 Å². The van der Waals surface area contributed by atoms with Crippen LogP contribution in [-0.2, 0) is 11.3 Å². The molecule has 6 nitrogen and oxygen atoms in total. The Kier molecular flexibility index (Phi) is 2.79. The van der Waals surface area contributed by atoms with E-state index in [1.807, 2.05) is 0 Å². The van der Waals surface area contributed by atoms with Gasteiger partial charge in [-0.2, -0.15) is 5.10 Å². The molecule has 0 amide bonds. The van der Waals surface area contributed by atoms with Crippen LogP contribution >= 0.6 is 0 Å². The Labute approximate surface area is 84.9 Å². The molecular weight excluding hydrogens is 198 g/mol. The molecule has 0 spiro atoms. The summed E-state index contributed by atoms with van der Waals surface area (Å²) < 4.78 is 5.13. The second kappa shape index (κ2) is 4.24. The number of aliphatic hydroxyl groups is 1. The summed E-state index contributed by atoms with van der Waals surface area (Å²) in [5.74, 6) is 0. The summed E-state index contributed by atoms with van der Waals surface area (Å²) in [6, 6.07) is 1.42. The van der Waals surface area contributed by atoms with Gasteiger partial charge in [-0.05, 0) is 0 Å². The number of nitrogens with zero attached hydrogens (tertiary/aromatic N) is 1. The molecule has 0 aliphatic carbocycles. The Morgan fingerprint density at radius 3 is 3.20 bits per heavy atom. The monoisotopic (exact) mass is 209 g/mol. The molecule has 6 heteroatoms. The molecule has 2 aromatic rings. The molecule has 0 saturated carbocycles. The van der Waals surface area contributed by atoms with Gasteiger partial charge >= 0.3 is 0 Å². The molecular formula is C9H11N3O3. The van der Waals surface area contributed by atoms with E-state index in [4.69, 9.17) is 9.84 Å². The highest BCUT2D eigenvalue weighted by atomic mass is 16.5. The van der Waals surface area contributed by atoms with Gasteiger partial charge in [-0.25, -0.2) is 0 Å². The van der Waals surface area contributed by atoms with Crippen molar-refractivity contribution in [2.75, 3.05) is 13.2 Å². The van der Waals surface area contributed by atoms with Gasteiger partial charge in [0.2, 0.25) is 5.43 Å². The smallest absolute Gasteiger partial charge is 0.209 e. The number of aromatic amines is 2. The number of aromatic nitrogens is 3. The van der Waals surface area contributed by atoms with Crippen molar-refractivity contribution < 1.29 is 9.84 Å². The maximum Gasteiger partial charge on any atom is 0.209 e. The first-order valence-electron chi connectivity index (χ1n) is 4.56. The summed E-state index contributed by atoms with van der Waals surface area (Å²) in [6.07, 6.45) is 1.57. The van der Waals surface area contributed by atoms with Crippen molar-refractivity contribution in [3.8, 4) is 0 Å². The average Bonchev–Trinajstić information content (AvgIpc) is 2.64. The van der Waals surface area contributed by atoms with Gasteiger partial charge in [0, 0.05) is 12.3 Å². The Balaban J connectivity index is 2.29. The average molecular weight is 209 g/mol. The van der Waals surface area contributed by atoms with E-state index >= 15 is 0 Å². The van der Waals surface area contributed by atoms with E-state index in [-0.39, 0.29) is 25.2 Å². The minimum Gasteiger partial charge on any atom is -0.394 e. The van der Waals surface area contributed by atoms with Crippen LogP contribution in [0.2, 0.25) is 0 Å². The van der Waals surface area contributed by atoms with Crippen LogP contribution in [0.4, 0.5) is 0 Å². The summed E-state index contributed by atoms with van der Waals surface area (Å²) in [6.45, 7) is 0.525. The molecule has 0 bridgehead atoms. The summed E-state index contributed by atoms with van der Waals surface area (Å²) >= 11 is 0. The van der Waals surface area contributed by atoms with Gasteiger partial charge in [0.1, 0.15) is 0 Å². The quantitative estimate of drug-likeness (QED) is 0.606. The van der Waals surface area contributed by atoms with E-state index in [1.54, 1.807) is 6.20 Å². The van der Waals surface area contributed by atoms with Gasteiger partial charge in [0.05, 0.1) is 31.0 Å². The Hall–Kier alpha value is -1.66. The highest BCUT2D eigenvalue weighted by Gasteiger charge is 2.07. The first-order chi connectivity index (χ1) is 7.33. The number of ether oxygens (including phenoxy) is 1. The maximum absolute atomic E-state index is 11.3. The highest BCUT2D eigenvalue weighted by Crippen LogP contribution is 2.09. The van der Waals surface area contributed by atoms with Crippen molar-refractivity contribution in [2.24, 2.45) is 0 Å². The molecule has 0 aromatic carbocycles. The molecule has 2 aromatic heterocycles. The van der Waals surface area contributed by atoms with Crippen LogP contribution in [0.25, 0.3) is 11.0 Å². The molecule has 0 saturated heterocycles. The Bertz CT molecular complexity index is 503. The van der Waals surface area contributed by atoms with Gasteiger partial charge < -0.3 is 14.8 Å². The maximum atomic E-state index is 11.3. The number of hydrogen-bond acceptors (Lipinski definition) is 4. The molecule has 2 rings (SSSR count). The van der Waals surface area contributed by atoms with Gasteiger partial charge in [0.15, 0.2) is 5.52 Å². The largest absolute Gasteiger partial charge is 0.394 e. The molecule has 0 radical (unpaired) electrons. The SMILES string of the molecule is O=c1cc[nH]c2c(COCCO)[nH]nc12. The van der Waals surface area contributed by atoms with Crippen LogP contribution in [0.3, 0.4) is 0 Å². The lowest BCUT2D eigenvalue weighted by Gasteiger charge is -1.99. The molecule has 0 aliphatic rings. The van der Waals surface area contributed by atoms with Crippen molar-refractivity contribution in [1.82, 2.24) is 15.2 Å². The Morgan fingerprint density at radius 2 is 2.40 bits per heavy atom. The number of fused-ring (bicyclic) bond motifs is 1. The summed E-state index contributed by atoms with van der Waals surface area (Å²) in [4.78, 5) is 14.3. The molecule has 80 valence electrons. The zero-order chi connectivity index (χ0) is 10.7. The van der Waals surface area contributed by atoms with Gasteiger partial charge in [0.25, 0.3) is 0 Å². The second-order valence-corrected chi connectivity index (χ2v) is 3.04. The third-order valence-electron chi connectivity index (χ3n) is 2.02. The lowest BCUT2D eigenvalue weighted by Crippen LogP contribution is -2.01. The summed E-state index contributed by atoms with van der Waals surface area (Å²) in [5.41, 5.74) is 1.60. The summed E-state index contributed by atoms with van der Waals surface area (Å²) in [7, 11) is 0. The standard InChI is InChI=1S/C9H11N3O3/c13-3-4-15-5-6-8-9(12-11-6)7(14)1-2-10-8/h1-2,13H,3-5H2,(H,10,14)(H,11,12). The number of aliphatic hydroxyl groups excluding tert-OH is 1. The van der Waals surface area contributed by atoms with Crippen molar-refractivity contribution in [3.63, 3.8) is 0 Å². The number of H-pyrrole nitrogens is 2. The highest BCUT2D eigenvalue weighted by molar-refractivity contribution is 5.75. The van der Waals surface area contributed by atoms with Crippen molar-refractivity contribution >= 4 is 11.0 Å². The predicted molar refractivity (Wildman–Crippen MR) is 53.5 cm³/mol. The Morgan fingerprint density at radius 1 is 1.53 bits per heavy atom. The molecule has 2 heterocycles. The fourth-order valence-corrected chi connectivity index (χ4v) is 1.33. The molecule has 0 unspecified atom stereocenters. The van der Waals surface area contributed by atoms with Crippen molar-refractivity contribution in [1.29, 1.82) is 0 Å². The topological polar surface area (TPSA) is 91.0 Å². The zero-order valence-electron chi connectivity index (χ0n) is 7.99. The fraction of sp³-hybridized carbons (Fsp3) is 0.333. The predicted octanol–water partition coefficient (Wildman–Crippen LogP) is -0.240. The summed E-state index contributed by atoms with van der Waals surface area (Å²) in [5, 5.41) is 15.2. The first kappa shape index (κ1) is 9.88. The van der Waals surface area contributed by atoms with Gasteiger partial charge in [-0.3, -0.25) is 9.89 Å². The molecule has 3 N–H and O–H groups in total. The second-order valence-electron chi connectivity index (χ2n) is 3.04. The number of pyridine rings is 1. The van der Waals surface area contributed by atoms with E-state index < -0.39 is 0 Å². The number of hydrogen-bond donors (Lipinski definition) is 3. The van der Waals surface area contributed by atoms with Crippen LogP contribution in [0.15, 0.2) is 17.1 Å². The lowest BCUT2D eigenvalue weighted by molar-refractivity contribution is 0.0802. The molecule has 0 fully saturated rings. The number of nitrogens with one attached hydrogen (secondary N) is 2. The van der Waals surface area contributed by atoms with Gasteiger partial charge in [-0.15, -0.1) is 0 Å². The van der Waals surface area contributed by atoms with E-state index in [9.17, 15) is 4.79 Å². The minimum atomic E-state index is -0.131. The van der Waals surface area contributed by atoms with E-state index in [2.05, 4.69) is 15.2 Å². The first-order valence-corrected chi connectivity index (χ1v) is 4.56. The van der Waals surface area contributed by atoms with E-state index in [0.29, 0.717) is 16.7 Å². The van der Waals surface area contributed by atoms with Crippen molar-refractivity contribution in [3.05, 3.63) is 28.2 Å². The van der Waals surface area contributed by atoms with E-state index in [0.717, 1.165) is 0 Å². The zero-order valence-corrected chi connectivity index (χ0v) is 7.99. The lowest BCUT2D eigenvalue weighted by atomic mass is 10.3. The van der Waals surface area contributed by atoms with Crippen LogP contribution in [-0.4, -0.2) is 33.5 Å². The third-order valence-corrected chi connectivity index (χ3v) is 2.02. The van der Waals surface area contributed by atoms with Gasteiger partial charge in [-0.1, -0.05) is 0 Å². The minimum absolute atomic E-state index is 0.0252. The van der Waals surface area contributed by atoms with Crippen LogP contribution in [0.1, 0.15) is 5.69 Å².